The molecule has 104 valence electrons. The van der Waals surface area contributed by atoms with E-state index in [-0.39, 0.29) is 11.1 Å². The van der Waals surface area contributed by atoms with Gasteiger partial charge in [0.25, 0.3) is 0 Å². The van der Waals surface area contributed by atoms with Crippen LogP contribution in [0.1, 0.15) is 20.7 Å². The standard InChI is InChI=1S/C12H18O5Si2/c1-18(2)17-19(3,4)9-7-5-6-8(11(13)14)10(9)12(15)16/h5-7,18H,1-4H3,(H,13,14)(H,15,16). The van der Waals surface area contributed by atoms with Crippen molar-refractivity contribution >= 4 is 34.5 Å². The van der Waals surface area contributed by atoms with E-state index in [0.29, 0.717) is 5.19 Å². The predicted octanol–water partition coefficient (Wildman–Crippen LogP) is 1.50. The second-order valence-electron chi connectivity index (χ2n) is 5.02. The molecule has 0 saturated carbocycles. The number of carboxylic acids is 2. The number of benzene rings is 1. The third-order valence-corrected chi connectivity index (χ3v) is 8.64. The summed E-state index contributed by atoms with van der Waals surface area (Å²) in [5.41, 5.74) is -0.319. The molecule has 0 aliphatic carbocycles. The molecule has 0 unspecified atom stereocenters. The SMILES string of the molecule is C[SiH](C)O[Si](C)(C)c1cccc(C(=O)O)c1C(=O)O. The van der Waals surface area contributed by atoms with Gasteiger partial charge in [-0.15, -0.1) is 0 Å². The molecule has 2 N–H and O–H groups in total. The highest BCUT2D eigenvalue weighted by atomic mass is 28.4. The van der Waals surface area contributed by atoms with Crippen LogP contribution in [0.25, 0.3) is 0 Å². The molecule has 0 saturated heterocycles. The topological polar surface area (TPSA) is 83.8 Å². The monoisotopic (exact) mass is 298 g/mol. The number of hydrogen-bond donors (Lipinski definition) is 2. The van der Waals surface area contributed by atoms with Crippen LogP contribution in [-0.4, -0.2) is 39.5 Å². The number of carboxylic acid groups (broad SMARTS) is 2. The Bertz CT molecular complexity index is 511. The molecule has 7 heteroatoms. The highest BCUT2D eigenvalue weighted by molar-refractivity contribution is 6.89. The summed E-state index contributed by atoms with van der Waals surface area (Å²) in [6, 6.07) is 4.55. The summed E-state index contributed by atoms with van der Waals surface area (Å²) in [5.74, 6) is -2.45. The van der Waals surface area contributed by atoms with E-state index in [9.17, 15) is 14.7 Å². The second-order valence-corrected chi connectivity index (χ2v) is 11.6. The molecular weight excluding hydrogens is 280 g/mol. The third-order valence-electron chi connectivity index (χ3n) is 2.69. The van der Waals surface area contributed by atoms with Crippen LogP contribution in [-0.2, 0) is 4.12 Å². The lowest BCUT2D eigenvalue weighted by atomic mass is 10.1. The van der Waals surface area contributed by atoms with Crippen molar-refractivity contribution in [2.24, 2.45) is 0 Å². The van der Waals surface area contributed by atoms with Crippen LogP contribution in [0.2, 0.25) is 26.2 Å². The summed E-state index contributed by atoms with van der Waals surface area (Å²) in [4.78, 5) is 22.5. The molecule has 0 spiro atoms. The van der Waals surface area contributed by atoms with Crippen molar-refractivity contribution in [1.29, 1.82) is 0 Å². The Morgan fingerprint density at radius 3 is 2.16 bits per heavy atom. The van der Waals surface area contributed by atoms with Gasteiger partial charge < -0.3 is 14.3 Å². The van der Waals surface area contributed by atoms with E-state index in [1.165, 1.54) is 6.07 Å². The van der Waals surface area contributed by atoms with Crippen molar-refractivity contribution in [2.75, 3.05) is 0 Å². The van der Waals surface area contributed by atoms with Crippen molar-refractivity contribution in [3.8, 4) is 0 Å². The van der Waals surface area contributed by atoms with E-state index < -0.39 is 29.3 Å². The Morgan fingerprint density at radius 1 is 1.16 bits per heavy atom. The van der Waals surface area contributed by atoms with Crippen molar-refractivity contribution in [3.05, 3.63) is 29.3 Å². The molecule has 0 fully saturated rings. The number of carbonyl (C=O) groups is 2. The van der Waals surface area contributed by atoms with E-state index in [1.54, 1.807) is 12.1 Å². The minimum atomic E-state index is -2.41. The van der Waals surface area contributed by atoms with Crippen LogP contribution in [0.15, 0.2) is 18.2 Å². The fourth-order valence-corrected chi connectivity index (χ4v) is 8.68. The van der Waals surface area contributed by atoms with E-state index in [4.69, 9.17) is 9.22 Å². The van der Waals surface area contributed by atoms with Gasteiger partial charge in [-0.25, -0.2) is 9.59 Å². The Labute approximate surface area is 114 Å². The maximum Gasteiger partial charge on any atom is 0.336 e. The van der Waals surface area contributed by atoms with Gasteiger partial charge in [0.15, 0.2) is 9.04 Å². The van der Waals surface area contributed by atoms with Crippen LogP contribution in [0.4, 0.5) is 0 Å². The van der Waals surface area contributed by atoms with Crippen molar-refractivity contribution < 1.29 is 23.9 Å². The predicted molar refractivity (Wildman–Crippen MR) is 77.4 cm³/mol. The Hall–Kier alpha value is -1.45. The second kappa shape index (κ2) is 5.68. The highest BCUT2D eigenvalue weighted by Crippen LogP contribution is 2.15. The normalized spacial score (nSPS) is 11.6. The molecule has 1 aromatic carbocycles. The summed E-state index contributed by atoms with van der Waals surface area (Å²) in [7, 11) is -3.75. The number of hydrogen-bond acceptors (Lipinski definition) is 3. The fraction of sp³-hybridized carbons (Fsp3) is 0.333. The zero-order valence-corrected chi connectivity index (χ0v) is 13.6. The van der Waals surface area contributed by atoms with Gasteiger partial charge in [-0.3, -0.25) is 0 Å². The quantitative estimate of drug-likeness (QED) is 0.805. The molecule has 0 aliphatic heterocycles. The van der Waals surface area contributed by atoms with Gasteiger partial charge in [-0.1, -0.05) is 12.1 Å². The van der Waals surface area contributed by atoms with Gasteiger partial charge in [0.1, 0.15) is 0 Å². The van der Waals surface area contributed by atoms with Crippen molar-refractivity contribution in [2.45, 2.75) is 26.2 Å². The Morgan fingerprint density at radius 2 is 1.74 bits per heavy atom. The van der Waals surface area contributed by atoms with Crippen LogP contribution >= 0.6 is 0 Å². The summed E-state index contributed by atoms with van der Waals surface area (Å²) in [6.07, 6.45) is 0. The molecule has 19 heavy (non-hydrogen) atoms. The number of aromatic carboxylic acids is 2. The lowest BCUT2D eigenvalue weighted by molar-refractivity contribution is 0.0652. The van der Waals surface area contributed by atoms with E-state index in [2.05, 4.69) is 0 Å². The molecule has 0 radical (unpaired) electrons. The molecule has 0 aromatic heterocycles. The van der Waals surface area contributed by atoms with E-state index in [0.717, 1.165) is 0 Å². The van der Waals surface area contributed by atoms with Crippen LogP contribution in [0, 0.1) is 0 Å². The average Bonchev–Trinajstić information content (AvgIpc) is 2.25. The largest absolute Gasteiger partial charge is 0.478 e. The molecule has 0 atom stereocenters. The zero-order chi connectivity index (χ0) is 14.8. The first-order valence-electron chi connectivity index (χ1n) is 5.94. The maximum atomic E-state index is 11.4. The van der Waals surface area contributed by atoms with Crippen LogP contribution in [0.3, 0.4) is 0 Å². The first-order valence-corrected chi connectivity index (χ1v) is 11.6. The van der Waals surface area contributed by atoms with Gasteiger partial charge in [0, 0.05) is 0 Å². The molecule has 0 aliphatic rings. The minimum absolute atomic E-state index is 0.138. The molecule has 0 heterocycles. The molecule has 5 nitrogen and oxygen atoms in total. The summed E-state index contributed by atoms with van der Waals surface area (Å²) in [5, 5.41) is 18.9. The molecule has 0 amide bonds. The van der Waals surface area contributed by atoms with Crippen molar-refractivity contribution in [3.63, 3.8) is 0 Å². The van der Waals surface area contributed by atoms with Crippen molar-refractivity contribution in [1.82, 2.24) is 0 Å². The first kappa shape index (κ1) is 15.6. The molecule has 1 rings (SSSR count). The molecule has 1 aromatic rings. The van der Waals surface area contributed by atoms with E-state index >= 15 is 0 Å². The Balaban J connectivity index is 3.47. The summed E-state index contributed by atoms with van der Waals surface area (Å²) in [6.45, 7) is 7.81. The van der Waals surface area contributed by atoms with Gasteiger partial charge in [0.05, 0.1) is 11.1 Å². The number of rotatable bonds is 5. The first-order chi connectivity index (χ1) is 8.66. The summed E-state index contributed by atoms with van der Waals surface area (Å²) < 4.78 is 5.97. The minimum Gasteiger partial charge on any atom is -0.478 e. The van der Waals surface area contributed by atoms with Gasteiger partial charge in [-0.05, 0) is 37.4 Å². The van der Waals surface area contributed by atoms with Crippen LogP contribution in [0.5, 0.6) is 0 Å². The lowest BCUT2D eigenvalue weighted by Crippen LogP contribution is -2.50. The third kappa shape index (κ3) is 3.52. The summed E-state index contributed by atoms with van der Waals surface area (Å²) >= 11 is 0. The van der Waals surface area contributed by atoms with Gasteiger partial charge in [0.2, 0.25) is 8.32 Å². The molecule has 0 bridgehead atoms. The highest BCUT2D eigenvalue weighted by Gasteiger charge is 2.33. The van der Waals surface area contributed by atoms with E-state index in [1.807, 2.05) is 26.2 Å². The lowest BCUT2D eigenvalue weighted by Gasteiger charge is -2.28. The molecular formula is C12H18O5Si2. The fourth-order valence-electron chi connectivity index (χ4n) is 2.12. The zero-order valence-electron chi connectivity index (χ0n) is 11.4. The van der Waals surface area contributed by atoms with Crippen LogP contribution < -0.4 is 5.19 Å². The average molecular weight is 298 g/mol. The maximum absolute atomic E-state index is 11.4. The van der Waals surface area contributed by atoms with Gasteiger partial charge >= 0.3 is 11.9 Å². The Kier molecular flexibility index (Phi) is 4.67. The van der Waals surface area contributed by atoms with Gasteiger partial charge in [-0.2, -0.15) is 0 Å². The smallest absolute Gasteiger partial charge is 0.336 e.